The smallest absolute Gasteiger partial charge is 0.130 e. The first-order valence-electron chi connectivity index (χ1n) is 5.86. The van der Waals surface area contributed by atoms with Crippen molar-refractivity contribution >= 4 is 53.3 Å². The average molecular weight is 416 g/mol. The van der Waals surface area contributed by atoms with Gasteiger partial charge in [-0.3, -0.25) is 0 Å². The molecule has 0 fully saturated rings. The quantitative estimate of drug-likeness (QED) is 0.573. The third-order valence-corrected chi connectivity index (χ3v) is 5.60. The Balaban J connectivity index is 2.13. The van der Waals surface area contributed by atoms with Crippen LogP contribution < -0.4 is 0 Å². The van der Waals surface area contributed by atoms with E-state index in [-0.39, 0.29) is 5.56 Å². The van der Waals surface area contributed by atoms with E-state index < -0.39 is 11.9 Å². The second kappa shape index (κ2) is 5.56. The van der Waals surface area contributed by atoms with Crippen LogP contribution in [0.4, 0.5) is 4.39 Å². The first kappa shape index (κ1) is 14.2. The summed E-state index contributed by atoms with van der Waals surface area (Å²) < 4.78 is 16.7. The highest BCUT2D eigenvalue weighted by Gasteiger charge is 2.19. The number of halogens is 3. The highest BCUT2D eigenvalue weighted by molar-refractivity contribution is 9.11. The zero-order valence-corrected chi connectivity index (χ0v) is 14.1. The van der Waals surface area contributed by atoms with Crippen LogP contribution in [-0.2, 0) is 0 Å². The Labute approximate surface area is 136 Å². The van der Waals surface area contributed by atoms with Crippen molar-refractivity contribution < 1.29 is 9.50 Å². The second-order valence-corrected chi connectivity index (χ2v) is 7.03. The van der Waals surface area contributed by atoms with Gasteiger partial charge in [-0.1, -0.05) is 34.1 Å². The molecule has 0 aliphatic heterocycles. The van der Waals surface area contributed by atoms with E-state index in [1.54, 1.807) is 12.1 Å². The summed E-state index contributed by atoms with van der Waals surface area (Å²) in [6, 6.07) is 10.5. The molecule has 0 spiro atoms. The topological polar surface area (TPSA) is 20.2 Å². The number of benzene rings is 2. The Morgan fingerprint density at radius 2 is 1.90 bits per heavy atom. The molecule has 3 aromatic rings. The van der Waals surface area contributed by atoms with E-state index in [0.717, 1.165) is 20.1 Å². The van der Waals surface area contributed by atoms with Gasteiger partial charge in [0.15, 0.2) is 0 Å². The molecule has 1 heterocycles. The Morgan fingerprint density at radius 3 is 2.65 bits per heavy atom. The summed E-state index contributed by atoms with van der Waals surface area (Å²) in [6.07, 6.45) is -0.967. The van der Waals surface area contributed by atoms with Crippen LogP contribution in [0.1, 0.15) is 17.2 Å². The Bertz CT molecular complexity index is 785. The minimum atomic E-state index is -0.967. The van der Waals surface area contributed by atoms with E-state index in [0.29, 0.717) is 4.47 Å². The normalized spacial score (nSPS) is 12.8. The molecule has 1 nitrogen and oxygen atoms in total. The fraction of sp³-hybridized carbons (Fsp3) is 0.0667. The van der Waals surface area contributed by atoms with Crippen LogP contribution in [0.15, 0.2) is 50.7 Å². The van der Waals surface area contributed by atoms with Crippen LogP contribution in [-0.4, -0.2) is 5.11 Å². The largest absolute Gasteiger partial charge is 0.383 e. The number of thiophene rings is 1. The van der Waals surface area contributed by atoms with E-state index >= 15 is 0 Å². The van der Waals surface area contributed by atoms with Crippen molar-refractivity contribution in [1.82, 2.24) is 0 Å². The van der Waals surface area contributed by atoms with E-state index in [1.807, 2.05) is 23.6 Å². The van der Waals surface area contributed by atoms with E-state index in [4.69, 9.17) is 0 Å². The highest BCUT2D eigenvalue weighted by atomic mass is 79.9. The maximum atomic E-state index is 14.0. The van der Waals surface area contributed by atoms with Crippen LogP contribution >= 0.6 is 43.2 Å². The molecule has 2 aromatic carbocycles. The van der Waals surface area contributed by atoms with Crippen molar-refractivity contribution in [2.75, 3.05) is 0 Å². The monoisotopic (exact) mass is 414 g/mol. The Kier molecular flexibility index (Phi) is 3.95. The lowest BCUT2D eigenvalue weighted by molar-refractivity contribution is 0.217. The molecule has 5 heteroatoms. The second-order valence-electron chi connectivity index (χ2n) is 4.38. The minimum Gasteiger partial charge on any atom is -0.383 e. The van der Waals surface area contributed by atoms with Crippen molar-refractivity contribution in [2.24, 2.45) is 0 Å². The van der Waals surface area contributed by atoms with Gasteiger partial charge in [-0.15, -0.1) is 11.3 Å². The molecule has 0 saturated carbocycles. The maximum absolute atomic E-state index is 14.0. The molecule has 1 N–H and O–H groups in total. The summed E-state index contributed by atoms with van der Waals surface area (Å²) in [6.45, 7) is 0. The molecule has 1 aromatic heterocycles. The zero-order valence-electron chi connectivity index (χ0n) is 10.1. The molecular formula is C15H9Br2FOS. The van der Waals surface area contributed by atoms with E-state index in [2.05, 4.69) is 31.9 Å². The first-order valence-corrected chi connectivity index (χ1v) is 8.33. The van der Waals surface area contributed by atoms with E-state index in [1.165, 1.54) is 17.4 Å². The van der Waals surface area contributed by atoms with Gasteiger partial charge >= 0.3 is 0 Å². The predicted octanol–water partition coefficient (Wildman–Crippen LogP) is 5.65. The van der Waals surface area contributed by atoms with Gasteiger partial charge in [-0.25, -0.2) is 4.39 Å². The molecule has 0 aliphatic carbocycles. The third kappa shape index (κ3) is 2.44. The molecule has 1 atom stereocenters. The molecule has 0 aliphatic rings. The highest BCUT2D eigenvalue weighted by Crippen LogP contribution is 2.37. The molecule has 102 valence electrons. The van der Waals surface area contributed by atoms with Crippen molar-refractivity contribution in [2.45, 2.75) is 6.10 Å². The lowest BCUT2D eigenvalue weighted by Gasteiger charge is -2.12. The number of aliphatic hydroxyl groups excluding tert-OH is 1. The Morgan fingerprint density at radius 1 is 1.10 bits per heavy atom. The molecule has 0 amide bonds. The third-order valence-electron chi connectivity index (χ3n) is 3.13. The number of hydrogen-bond acceptors (Lipinski definition) is 2. The predicted molar refractivity (Wildman–Crippen MR) is 87.7 cm³/mol. The first-order chi connectivity index (χ1) is 9.58. The van der Waals surface area contributed by atoms with Crippen molar-refractivity contribution in [3.8, 4) is 0 Å². The lowest BCUT2D eigenvalue weighted by Crippen LogP contribution is -2.01. The standard InChI is InChI=1S/C15H9Br2FOS/c16-8-4-5-10(13(18)6-8)14(19)11-7-20-15-9(11)2-1-3-12(15)17/h1-7,14,19H. The van der Waals surface area contributed by atoms with Crippen LogP contribution in [0, 0.1) is 5.82 Å². The van der Waals surface area contributed by atoms with Gasteiger partial charge in [-0.05, 0) is 44.9 Å². The fourth-order valence-corrected chi connectivity index (χ4v) is 4.12. The fourth-order valence-electron chi connectivity index (χ4n) is 2.14. The van der Waals surface area contributed by atoms with Crippen molar-refractivity contribution in [3.05, 3.63) is 67.7 Å². The van der Waals surface area contributed by atoms with Gasteiger partial charge in [0.25, 0.3) is 0 Å². The van der Waals surface area contributed by atoms with Gasteiger partial charge < -0.3 is 5.11 Å². The summed E-state index contributed by atoms with van der Waals surface area (Å²) in [7, 11) is 0. The summed E-state index contributed by atoms with van der Waals surface area (Å²) >= 11 is 8.24. The number of fused-ring (bicyclic) bond motifs is 1. The SMILES string of the molecule is OC(c1ccc(Br)cc1F)c1csc2c(Br)cccc12. The van der Waals surface area contributed by atoms with Gasteiger partial charge in [0.1, 0.15) is 11.9 Å². The van der Waals surface area contributed by atoms with Crippen LogP contribution in [0.3, 0.4) is 0 Å². The molecule has 1 unspecified atom stereocenters. The number of rotatable bonds is 2. The zero-order chi connectivity index (χ0) is 14.3. The lowest BCUT2D eigenvalue weighted by atomic mass is 10.0. The molecule has 20 heavy (non-hydrogen) atoms. The number of aliphatic hydroxyl groups is 1. The van der Waals surface area contributed by atoms with Gasteiger partial charge in [0, 0.05) is 24.8 Å². The molecular weight excluding hydrogens is 407 g/mol. The molecule has 3 rings (SSSR count). The molecule has 0 saturated heterocycles. The summed E-state index contributed by atoms with van der Waals surface area (Å²) in [5, 5.41) is 13.3. The summed E-state index contributed by atoms with van der Waals surface area (Å²) in [5.74, 6) is -0.416. The van der Waals surface area contributed by atoms with Gasteiger partial charge in [-0.2, -0.15) is 0 Å². The van der Waals surface area contributed by atoms with Gasteiger partial charge in [0.05, 0.1) is 0 Å². The Hall–Kier alpha value is -0.750. The minimum absolute atomic E-state index is 0.285. The summed E-state index contributed by atoms with van der Waals surface area (Å²) in [4.78, 5) is 0. The van der Waals surface area contributed by atoms with Crippen molar-refractivity contribution in [1.29, 1.82) is 0 Å². The van der Waals surface area contributed by atoms with Crippen molar-refractivity contribution in [3.63, 3.8) is 0 Å². The summed E-state index contributed by atoms with van der Waals surface area (Å²) in [5.41, 5.74) is 1.01. The molecule has 0 bridgehead atoms. The molecule has 0 radical (unpaired) electrons. The van der Waals surface area contributed by atoms with Crippen LogP contribution in [0.25, 0.3) is 10.1 Å². The van der Waals surface area contributed by atoms with Crippen LogP contribution in [0.2, 0.25) is 0 Å². The number of hydrogen-bond donors (Lipinski definition) is 1. The van der Waals surface area contributed by atoms with Crippen LogP contribution in [0.5, 0.6) is 0 Å². The van der Waals surface area contributed by atoms with E-state index in [9.17, 15) is 9.50 Å². The average Bonchev–Trinajstić information content (AvgIpc) is 2.83. The van der Waals surface area contributed by atoms with Gasteiger partial charge in [0.2, 0.25) is 0 Å². The maximum Gasteiger partial charge on any atom is 0.130 e.